The van der Waals surface area contributed by atoms with E-state index in [0.29, 0.717) is 12.3 Å². The van der Waals surface area contributed by atoms with E-state index < -0.39 is 9.21 Å². The fourth-order valence-electron chi connectivity index (χ4n) is 0.453. The average Bonchev–Trinajstić information content (AvgIpc) is 2.10. The Morgan fingerprint density at radius 3 is 1.62 bits per heavy atom. The minimum absolute atomic E-state index is 0.321. The minimum Gasteiger partial charge on any atom is -0.125 e. The lowest BCUT2D eigenvalue weighted by Gasteiger charge is -2.01. The molecule has 0 spiro atoms. The van der Waals surface area contributed by atoms with Gasteiger partial charge in [-0.1, -0.05) is 23.2 Å². The van der Waals surface area contributed by atoms with Gasteiger partial charge in [-0.05, 0) is 0 Å². The Bertz CT molecular complexity index is 111. The normalized spacial score (nSPS) is 42.0. The summed E-state index contributed by atoms with van der Waals surface area (Å²) in [6.45, 7) is 0. The summed E-state index contributed by atoms with van der Waals surface area (Å²) in [6, 6.07) is 0. The van der Waals surface area contributed by atoms with E-state index in [-0.39, 0.29) is 0 Å². The molecular weight excluding hydrogens is 190 g/mol. The molecule has 0 heterocycles. The molecule has 0 aromatic heterocycles. The van der Waals surface area contributed by atoms with Crippen LogP contribution in [0.4, 0.5) is 0 Å². The lowest BCUT2D eigenvalue weighted by Crippen LogP contribution is -2.09. The van der Waals surface area contributed by atoms with Crippen LogP contribution < -0.4 is 0 Å². The van der Waals surface area contributed by atoms with Gasteiger partial charge in [0.1, 0.15) is 4.33 Å². The molecule has 0 bridgehead atoms. The van der Waals surface area contributed by atoms with Crippen molar-refractivity contribution in [2.45, 2.75) is 15.6 Å². The molecule has 0 saturated heterocycles. The van der Waals surface area contributed by atoms with Crippen molar-refractivity contribution in [2.75, 3.05) is 5.88 Å². The van der Waals surface area contributed by atoms with Gasteiger partial charge in [-0.15, -0.1) is 23.2 Å². The molecule has 8 heavy (non-hydrogen) atoms. The number of rotatable bonds is 1. The highest BCUT2D eigenvalue weighted by atomic mass is 35.5. The summed E-state index contributed by atoms with van der Waals surface area (Å²) in [5, 5.41) is 0. The molecule has 0 amide bonds. The number of hydrogen-bond acceptors (Lipinski definition) is 0. The van der Waals surface area contributed by atoms with Crippen LogP contribution >= 0.6 is 46.4 Å². The molecule has 1 atom stereocenters. The first-order chi connectivity index (χ1) is 3.52. The van der Waals surface area contributed by atoms with Crippen LogP contribution in [-0.2, 0) is 0 Å². The molecule has 1 aliphatic rings. The summed E-state index contributed by atoms with van der Waals surface area (Å²) in [5.41, 5.74) is 0. The highest BCUT2D eigenvalue weighted by Crippen LogP contribution is 2.61. The van der Waals surface area contributed by atoms with Crippen LogP contribution in [0.3, 0.4) is 0 Å². The topological polar surface area (TPSA) is 0 Å². The molecule has 0 N–H and O–H groups in total. The quantitative estimate of drug-likeness (QED) is 0.562. The summed E-state index contributed by atoms with van der Waals surface area (Å²) in [6.07, 6.45) is 0.591. The third kappa shape index (κ3) is 0.923. The summed E-state index contributed by atoms with van der Waals surface area (Å²) >= 11 is 22.3. The van der Waals surface area contributed by atoms with Crippen molar-refractivity contribution >= 4 is 46.4 Å². The van der Waals surface area contributed by atoms with Crippen molar-refractivity contribution < 1.29 is 0 Å². The molecule has 0 nitrogen and oxygen atoms in total. The zero-order valence-electron chi connectivity index (χ0n) is 3.93. The molecular formula is C4H4Cl4. The van der Waals surface area contributed by atoms with Gasteiger partial charge in [0.2, 0.25) is 0 Å². The second-order valence-corrected chi connectivity index (χ2v) is 4.45. The SMILES string of the molecule is ClC[C@@]1(Cl)CC1(Cl)Cl. The third-order valence-corrected chi connectivity index (χ3v) is 3.61. The Hall–Kier alpha value is 1.16. The minimum atomic E-state index is -0.768. The predicted molar refractivity (Wildman–Crippen MR) is 38.4 cm³/mol. The summed E-state index contributed by atoms with van der Waals surface area (Å²) in [7, 11) is 0. The van der Waals surface area contributed by atoms with Crippen molar-refractivity contribution in [3.8, 4) is 0 Å². The molecule has 1 aliphatic carbocycles. The Morgan fingerprint density at radius 1 is 1.25 bits per heavy atom. The van der Waals surface area contributed by atoms with Crippen molar-refractivity contribution in [3.63, 3.8) is 0 Å². The number of hydrogen-bond donors (Lipinski definition) is 0. The Morgan fingerprint density at radius 2 is 1.62 bits per heavy atom. The van der Waals surface area contributed by atoms with Gasteiger partial charge in [0.15, 0.2) is 0 Å². The third-order valence-electron chi connectivity index (χ3n) is 1.24. The molecule has 0 unspecified atom stereocenters. The molecule has 4 heteroatoms. The lowest BCUT2D eigenvalue weighted by molar-refractivity contribution is 1.02. The van der Waals surface area contributed by atoms with Crippen LogP contribution in [0.5, 0.6) is 0 Å². The van der Waals surface area contributed by atoms with Crippen LogP contribution in [-0.4, -0.2) is 15.1 Å². The van der Waals surface area contributed by atoms with Crippen LogP contribution in [0.25, 0.3) is 0 Å². The smallest absolute Gasteiger partial charge is 0.125 e. The van der Waals surface area contributed by atoms with Gasteiger partial charge in [-0.2, -0.15) is 0 Å². The zero-order chi connectivity index (χ0) is 6.41. The summed E-state index contributed by atoms with van der Waals surface area (Å²) in [5.74, 6) is 0.321. The molecule has 0 aromatic rings. The monoisotopic (exact) mass is 192 g/mol. The van der Waals surface area contributed by atoms with Crippen LogP contribution in [0.1, 0.15) is 6.42 Å². The second kappa shape index (κ2) is 1.82. The predicted octanol–water partition coefficient (Wildman–Crippen LogP) is 2.78. The lowest BCUT2D eigenvalue weighted by atomic mass is 10.5. The fourth-order valence-corrected chi connectivity index (χ4v) is 1.84. The number of halogens is 4. The van der Waals surface area contributed by atoms with E-state index in [1.54, 1.807) is 0 Å². The van der Waals surface area contributed by atoms with Crippen LogP contribution in [0.15, 0.2) is 0 Å². The van der Waals surface area contributed by atoms with Gasteiger partial charge in [-0.25, -0.2) is 0 Å². The van der Waals surface area contributed by atoms with Gasteiger partial charge in [0, 0.05) is 12.3 Å². The van der Waals surface area contributed by atoms with E-state index in [2.05, 4.69) is 0 Å². The standard InChI is InChI=1S/C4H4Cl4/c5-2-3(6)1-4(3,7)8/h1-2H2/t3-/m0/s1. The second-order valence-electron chi connectivity index (χ2n) is 1.98. The maximum Gasteiger partial charge on any atom is 0.140 e. The van der Waals surface area contributed by atoms with Crippen molar-refractivity contribution in [2.24, 2.45) is 0 Å². The van der Waals surface area contributed by atoms with Crippen molar-refractivity contribution in [3.05, 3.63) is 0 Å². The van der Waals surface area contributed by atoms with Crippen LogP contribution in [0.2, 0.25) is 0 Å². The van der Waals surface area contributed by atoms with Gasteiger partial charge in [0.25, 0.3) is 0 Å². The van der Waals surface area contributed by atoms with E-state index in [1.807, 2.05) is 0 Å². The van der Waals surface area contributed by atoms with E-state index in [1.165, 1.54) is 0 Å². The first-order valence-electron chi connectivity index (χ1n) is 2.14. The summed E-state index contributed by atoms with van der Waals surface area (Å²) in [4.78, 5) is -0.544. The van der Waals surface area contributed by atoms with E-state index in [9.17, 15) is 0 Å². The van der Waals surface area contributed by atoms with Gasteiger partial charge in [0.05, 0.1) is 4.87 Å². The maximum atomic E-state index is 5.72. The van der Waals surface area contributed by atoms with E-state index in [0.717, 1.165) is 0 Å². The zero-order valence-corrected chi connectivity index (χ0v) is 6.95. The highest BCUT2D eigenvalue weighted by molar-refractivity contribution is 6.58. The molecule has 1 rings (SSSR count). The molecule has 0 radical (unpaired) electrons. The van der Waals surface area contributed by atoms with Gasteiger partial charge in [-0.3, -0.25) is 0 Å². The van der Waals surface area contributed by atoms with E-state index in [4.69, 9.17) is 46.4 Å². The molecule has 1 saturated carbocycles. The molecule has 0 aliphatic heterocycles. The van der Waals surface area contributed by atoms with Crippen LogP contribution in [0, 0.1) is 0 Å². The van der Waals surface area contributed by atoms with Gasteiger partial charge < -0.3 is 0 Å². The molecule has 0 aromatic carbocycles. The average molecular weight is 194 g/mol. The molecule has 1 fully saturated rings. The Balaban J connectivity index is 2.55. The van der Waals surface area contributed by atoms with E-state index >= 15 is 0 Å². The largest absolute Gasteiger partial charge is 0.140 e. The Kier molecular flexibility index (Phi) is 1.65. The number of alkyl halides is 4. The van der Waals surface area contributed by atoms with Crippen molar-refractivity contribution in [1.29, 1.82) is 0 Å². The van der Waals surface area contributed by atoms with Crippen molar-refractivity contribution in [1.82, 2.24) is 0 Å². The summed E-state index contributed by atoms with van der Waals surface area (Å²) < 4.78 is -0.768. The first kappa shape index (κ1) is 7.27. The fraction of sp³-hybridized carbons (Fsp3) is 1.00. The highest BCUT2D eigenvalue weighted by Gasteiger charge is 2.65. The van der Waals surface area contributed by atoms with Gasteiger partial charge >= 0.3 is 0 Å². The maximum absolute atomic E-state index is 5.72. The first-order valence-corrected chi connectivity index (χ1v) is 3.81. The Labute approximate surface area is 68.0 Å². The molecule has 48 valence electrons.